The highest BCUT2D eigenvalue weighted by Crippen LogP contribution is 2.38. The molecule has 32 heavy (non-hydrogen) atoms. The maximum Gasteiger partial charge on any atom is 0.294 e. The number of rotatable bonds is 4. The van der Waals surface area contributed by atoms with Gasteiger partial charge in [-0.2, -0.15) is 16.8 Å². The molecule has 0 amide bonds. The van der Waals surface area contributed by atoms with Crippen molar-refractivity contribution in [3.05, 3.63) is 60.7 Å². The van der Waals surface area contributed by atoms with Crippen LogP contribution >= 0.6 is 0 Å². The number of azo groups is 1. The van der Waals surface area contributed by atoms with E-state index in [0.29, 0.717) is 0 Å². The first-order valence-electron chi connectivity index (χ1n) is 8.83. The van der Waals surface area contributed by atoms with Gasteiger partial charge in [0.25, 0.3) is 20.2 Å². The van der Waals surface area contributed by atoms with E-state index in [1.165, 1.54) is 24.3 Å². The lowest BCUT2D eigenvalue weighted by molar-refractivity contribution is 0.470. The first-order valence-corrected chi connectivity index (χ1v) is 11.7. The van der Waals surface area contributed by atoms with Crippen molar-refractivity contribution in [3.8, 4) is 11.5 Å². The topological polar surface area (TPSA) is 174 Å². The number of fused-ring (bicyclic) bond motifs is 2. The third kappa shape index (κ3) is 3.99. The Balaban J connectivity index is 1.92. The van der Waals surface area contributed by atoms with E-state index in [1.54, 1.807) is 12.1 Å². The third-order valence-electron chi connectivity index (χ3n) is 4.71. The summed E-state index contributed by atoms with van der Waals surface area (Å²) >= 11 is 0. The summed E-state index contributed by atoms with van der Waals surface area (Å²) in [7, 11) is -9.19. The van der Waals surface area contributed by atoms with Crippen LogP contribution in [0.1, 0.15) is 0 Å². The average molecular weight is 474 g/mol. The van der Waals surface area contributed by atoms with Crippen LogP contribution in [0.4, 0.5) is 11.4 Å². The van der Waals surface area contributed by atoms with Gasteiger partial charge in [0.15, 0.2) is 0 Å². The molecule has 0 aliphatic rings. The molecule has 0 atom stereocenters. The molecule has 0 spiro atoms. The van der Waals surface area contributed by atoms with Crippen LogP contribution in [0.15, 0.2) is 80.7 Å². The lowest BCUT2D eigenvalue weighted by atomic mass is 10.1. The van der Waals surface area contributed by atoms with Gasteiger partial charge in [0.1, 0.15) is 11.5 Å². The Bertz CT molecular complexity index is 1520. The predicted molar refractivity (Wildman–Crippen MR) is 115 cm³/mol. The molecule has 0 aliphatic carbocycles. The lowest BCUT2D eigenvalue weighted by Gasteiger charge is -2.08. The summed E-state index contributed by atoms with van der Waals surface area (Å²) < 4.78 is 64.7. The minimum atomic E-state index is -4.59. The normalized spacial score (nSPS) is 12.7. The van der Waals surface area contributed by atoms with Crippen molar-refractivity contribution in [3.63, 3.8) is 0 Å². The van der Waals surface area contributed by atoms with E-state index in [1.807, 2.05) is 0 Å². The molecule has 0 saturated carbocycles. The Labute approximate surface area is 181 Å². The van der Waals surface area contributed by atoms with Crippen LogP contribution in [0.2, 0.25) is 0 Å². The molecule has 0 unspecified atom stereocenters. The van der Waals surface area contributed by atoms with Gasteiger partial charge >= 0.3 is 0 Å². The molecule has 0 bridgehead atoms. The molecule has 10 nitrogen and oxygen atoms in total. The van der Waals surface area contributed by atoms with Gasteiger partial charge in [0.2, 0.25) is 0 Å². The predicted octanol–water partition coefficient (Wildman–Crippen LogP) is 4.31. The second-order valence-corrected chi connectivity index (χ2v) is 9.62. The zero-order valence-electron chi connectivity index (χ0n) is 15.9. The van der Waals surface area contributed by atoms with E-state index in [4.69, 9.17) is 0 Å². The third-order valence-corrected chi connectivity index (χ3v) is 6.37. The van der Waals surface area contributed by atoms with Crippen LogP contribution in [0.3, 0.4) is 0 Å². The van der Waals surface area contributed by atoms with Crippen molar-refractivity contribution in [1.82, 2.24) is 0 Å². The maximum absolute atomic E-state index is 11.5. The van der Waals surface area contributed by atoms with Crippen LogP contribution in [-0.2, 0) is 20.2 Å². The molecule has 4 N–H and O–H groups in total. The Kier molecular flexibility index (Phi) is 5.09. The van der Waals surface area contributed by atoms with Crippen molar-refractivity contribution >= 4 is 53.2 Å². The van der Waals surface area contributed by atoms with Gasteiger partial charge in [-0.15, -0.1) is 10.2 Å². The Morgan fingerprint density at radius 2 is 0.938 bits per heavy atom. The van der Waals surface area contributed by atoms with E-state index in [-0.39, 0.29) is 44.4 Å². The van der Waals surface area contributed by atoms with Crippen molar-refractivity contribution in [2.75, 3.05) is 0 Å². The fourth-order valence-corrected chi connectivity index (χ4v) is 4.28. The molecule has 0 saturated heterocycles. The summed E-state index contributed by atoms with van der Waals surface area (Å²) in [5.41, 5.74) is 0.297. The van der Waals surface area contributed by atoms with Gasteiger partial charge in [-0.25, -0.2) is 0 Å². The SMILES string of the molecule is O=S(=O)(O)c1cc(O)c2cccc(N=Nc3cccc4c(O)cc(S(=O)(=O)O)cc34)c2c1. The molecule has 0 aliphatic heterocycles. The minimum absolute atomic E-state index is 0.149. The molecule has 0 aromatic heterocycles. The second-order valence-electron chi connectivity index (χ2n) is 6.78. The van der Waals surface area contributed by atoms with Gasteiger partial charge in [0, 0.05) is 33.7 Å². The van der Waals surface area contributed by atoms with E-state index >= 15 is 0 Å². The summed E-state index contributed by atoms with van der Waals surface area (Å²) in [5.74, 6) is -0.778. The minimum Gasteiger partial charge on any atom is -0.507 e. The number of aromatic hydroxyl groups is 2. The van der Waals surface area contributed by atoms with Crippen molar-refractivity contribution in [2.24, 2.45) is 10.2 Å². The van der Waals surface area contributed by atoms with E-state index in [2.05, 4.69) is 10.2 Å². The summed E-state index contributed by atoms with van der Waals surface area (Å²) in [5, 5.41) is 29.4. The Morgan fingerprint density at radius 1 is 0.562 bits per heavy atom. The average Bonchev–Trinajstić information content (AvgIpc) is 2.71. The highest BCUT2D eigenvalue weighted by atomic mass is 32.2. The summed E-state index contributed by atoms with van der Waals surface area (Å²) in [6, 6.07) is 13.2. The van der Waals surface area contributed by atoms with Gasteiger partial charge in [0.05, 0.1) is 21.2 Å². The molecule has 12 heteroatoms. The highest BCUT2D eigenvalue weighted by Gasteiger charge is 2.16. The number of hydrogen-bond acceptors (Lipinski definition) is 8. The fraction of sp³-hybridized carbons (Fsp3) is 0. The molecular formula is C20H14N2O8S2. The largest absolute Gasteiger partial charge is 0.507 e. The number of phenolic OH excluding ortho intramolecular Hbond substituents is 2. The lowest BCUT2D eigenvalue weighted by Crippen LogP contribution is -1.97. The standard InChI is InChI=1S/C20H14N2O8S2/c23-19-9-11(31(25,26)27)7-15-13(19)3-1-5-17(15)21-22-18-6-2-4-14-16(18)8-12(10-20(14)24)32(28,29)30/h1-10,23-24H,(H,25,26,27)(H,28,29,30). The molecule has 4 aromatic rings. The molecule has 164 valence electrons. The van der Waals surface area contributed by atoms with Gasteiger partial charge in [-0.3, -0.25) is 9.11 Å². The van der Waals surface area contributed by atoms with Crippen molar-refractivity contribution in [1.29, 1.82) is 0 Å². The summed E-state index contributed by atoms with van der Waals surface area (Å²) in [4.78, 5) is -1.06. The number of nitrogens with zero attached hydrogens (tertiary/aromatic N) is 2. The van der Waals surface area contributed by atoms with Gasteiger partial charge in [-0.1, -0.05) is 24.3 Å². The molecule has 0 radical (unpaired) electrons. The van der Waals surface area contributed by atoms with Crippen molar-refractivity contribution < 1.29 is 36.2 Å². The van der Waals surface area contributed by atoms with Crippen LogP contribution in [0.25, 0.3) is 21.5 Å². The Morgan fingerprint density at radius 3 is 1.28 bits per heavy atom. The molecule has 4 rings (SSSR count). The zero-order valence-corrected chi connectivity index (χ0v) is 17.5. The van der Waals surface area contributed by atoms with E-state index < -0.39 is 30.0 Å². The molecule has 4 aromatic carbocycles. The number of benzene rings is 4. The fourth-order valence-electron chi connectivity index (χ4n) is 3.23. The molecule has 0 heterocycles. The van der Waals surface area contributed by atoms with E-state index in [9.17, 15) is 36.2 Å². The summed E-state index contributed by atoms with van der Waals surface area (Å²) in [6.07, 6.45) is 0. The first kappa shape index (κ1) is 21.6. The first-order chi connectivity index (χ1) is 14.9. The van der Waals surface area contributed by atoms with Gasteiger partial charge < -0.3 is 10.2 Å². The number of phenols is 2. The quantitative estimate of drug-likeness (QED) is 0.250. The Hall–Kier alpha value is -3.58. The summed E-state index contributed by atoms with van der Waals surface area (Å²) in [6.45, 7) is 0. The smallest absolute Gasteiger partial charge is 0.294 e. The zero-order chi connectivity index (χ0) is 23.3. The van der Waals surface area contributed by atoms with Crippen LogP contribution in [0.5, 0.6) is 11.5 Å². The van der Waals surface area contributed by atoms with E-state index in [0.717, 1.165) is 24.3 Å². The van der Waals surface area contributed by atoms with Crippen LogP contribution in [-0.4, -0.2) is 36.2 Å². The van der Waals surface area contributed by atoms with Gasteiger partial charge in [-0.05, 0) is 24.3 Å². The maximum atomic E-state index is 11.5. The number of hydrogen-bond donors (Lipinski definition) is 4. The molecule has 0 fully saturated rings. The van der Waals surface area contributed by atoms with Crippen LogP contribution < -0.4 is 0 Å². The highest BCUT2D eigenvalue weighted by molar-refractivity contribution is 7.86. The second kappa shape index (κ2) is 7.53. The monoisotopic (exact) mass is 474 g/mol. The molecular weight excluding hydrogens is 460 g/mol. The van der Waals surface area contributed by atoms with Crippen molar-refractivity contribution in [2.45, 2.75) is 9.79 Å². The van der Waals surface area contributed by atoms with Crippen LogP contribution in [0, 0.1) is 0 Å².